The summed E-state index contributed by atoms with van der Waals surface area (Å²) < 4.78 is 222. The van der Waals surface area contributed by atoms with Crippen molar-refractivity contribution in [3.05, 3.63) is 0 Å². The van der Waals surface area contributed by atoms with E-state index in [0.29, 0.717) is 6.42 Å². The average Bonchev–Trinajstić information content (AvgIpc) is 2.75. The van der Waals surface area contributed by atoms with Crippen LogP contribution in [0.5, 0.6) is 0 Å². The van der Waals surface area contributed by atoms with Gasteiger partial charge in [-0.05, 0) is 10.9 Å². The second kappa shape index (κ2) is 12.6. The maximum absolute atomic E-state index is 12.8. The van der Waals surface area contributed by atoms with E-state index in [9.17, 15) is 83.6 Å². The van der Waals surface area contributed by atoms with E-state index in [2.05, 4.69) is 11.3 Å². The molecule has 0 saturated carbocycles. The third-order valence-electron chi connectivity index (χ3n) is 4.44. The smallest absolute Gasteiger partial charge is 0.460 e. The molecule has 0 radical (unpaired) electrons. The molecule has 22 heteroatoms. The van der Waals surface area contributed by atoms with Gasteiger partial charge in [-0.1, -0.05) is 43.4 Å². The Labute approximate surface area is 203 Å². The second-order valence-corrected chi connectivity index (χ2v) is 8.99. The number of halogens is 16. The highest BCUT2D eigenvalue weighted by atomic mass is 32.2. The molecule has 0 amide bonds. The van der Waals surface area contributed by atoms with Crippen molar-refractivity contribution in [2.24, 2.45) is 0 Å². The standard InChI is InChI=1S/C8HF15O2.C8H17FO3S/c9-2(10,1(24)25)3(11,12)4(13,14)5(15,16)6(17,18)7(19,20)8(21,22)23;1-2-3-4-5-6-7-8-13(10,11)12-9/h(H,24,25);2-8H2,1H3. The largest absolute Gasteiger partial charge is 0.477 e. The van der Waals surface area contributed by atoms with Gasteiger partial charge in [0.1, 0.15) is 0 Å². The third kappa shape index (κ3) is 7.68. The van der Waals surface area contributed by atoms with Crippen LogP contribution in [0.4, 0.5) is 70.4 Å². The normalized spacial score (nSPS) is 14.7. The van der Waals surface area contributed by atoms with Crippen LogP contribution in [0, 0.1) is 0 Å². The van der Waals surface area contributed by atoms with Crippen LogP contribution in [0.15, 0.2) is 0 Å². The maximum atomic E-state index is 12.8. The molecule has 0 aliphatic heterocycles. The SMILES string of the molecule is CCCCCCCCS(=O)(=O)OF.O=C(O)C(F)(F)C(F)(F)C(F)(F)C(F)(F)C(F)(F)C(F)(F)C(F)(F)F. The molecule has 0 aromatic carbocycles. The fourth-order valence-electron chi connectivity index (χ4n) is 2.19. The van der Waals surface area contributed by atoms with Crippen molar-refractivity contribution in [3.63, 3.8) is 0 Å². The zero-order valence-corrected chi connectivity index (χ0v) is 19.3. The van der Waals surface area contributed by atoms with E-state index in [1.54, 1.807) is 0 Å². The summed E-state index contributed by atoms with van der Waals surface area (Å²) in [5.74, 6) is -53.0. The molecule has 0 atom stereocenters. The summed E-state index contributed by atoms with van der Waals surface area (Å²) in [6, 6.07) is 0. The van der Waals surface area contributed by atoms with Gasteiger partial charge in [0.25, 0.3) is 10.1 Å². The van der Waals surface area contributed by atoms with Crippen LogP contribution in [0.2, 0.25) is 0 Å². The Morgan fingerprint density at radius 2 is 0.974 bits per heavy atom. The van der Waals surface area contributed by atoms with E-state index < -0.39 is 57.8 Å². The summed E-state index contributed by atoms with van der Waals surface area (Å²) >= 11 is 0. The predicted octanol–water partition coefficient (Wildman–Crippen LogP) is 7.02. The fraction of sp³-hybridized carbons (Fsp3) is 0.938. The Kier molecular flexibility index (Phi) is 12.8. The molecule has 0 aliphatic carbocycles. The van der Waals surface area contributed by atoms with Gasteiger partial charge in [-0.15, -0.1) is 0 Å². The molecular weight excluding hydrogens is 608 g/mol. The molecule has 0 aliphatic rings. The first-order valence-electron chi connectivity index (χ1n) is 9.66. The van der Waals surface area contributed by atoms with Gasteiger partial charge in [-0.2, -0.15) is 74.3 Å². The van der Waals surface area contributed by atoms with Crippen molar-refractivity contribution in [1.82, 2.24) is 0 Å². The topological polar surface area (TPSA) is 80.7 Å². The number of carbonyl (C=O) groups is 1. The lowest BCUT2D eigenvalue weighted by molar-refractivity contribution is -0.450. The summed E-state index contributed by atoms with van der Waals surface area (Å²) in [6.45, 7) is 2.11. The van der Waals surface area contributed by atoms with Crippen LogP contribution in [-0.4, -0.2) is 67.0 Å². The molecule has 0 saturated heterocycles. The summed E-state index contributed by atoms with van der Waals surface area (Å²) in [7, 11) is -3.88. The molecular formula is C16H18F16O5S. The monoisotopic (exact) mass is 626 g/mol. The third-order valence-corrected chi connectivity index (χ3v) is 5.42. The zero-order chi connectivity index (χ0) is 31.2. The van der Waals surface area contributed by atoms with Crippen molar-refractivity contribution in [3.8, 4) is 0 Å². The van der Waals surface area contributed by atoms with E-state index in [4.69, 9.17) is 5.11 Å². The molecule has 230 valence electrons. The van der Waals surface area contributed by atoms with Crippen LogP contribution in [0.25, 0.3) is 0 Å². The summed E-state index contributed by atoms with van der Waals surface area (Å²) in [5, 5.41) is 7.57. The molecule has 0 aromatic heterocycles. The number of carboxylic acid groups (broad SMARTS) is 1. The average molecular weight is 626 g/mol. The number of hydrogen-bond donors (Lipinski definition) is 1. The number of alkyl halides is 15. The molecule has 38 heavy (non-hydrogen) atoms. The highest BCUT2D eigenvalue weighted by Gasteiger charge is 2.94. The van der Waals surface area contributed by atoms with Crippen LogP contribution < -0.4 is 0 Å². The minimum absolute atomic E-state index is 0.213. The first kappa shape index (κ1) is 38.4. The van der Waals surface area contributed by atoms with Crippen LogP contribution in [0.3, 0.4) is 0 Å². The molecule has 0 bridgehead atoms. The first-order chi connectivity index (χ1) is 16.6. The Balaban J connectivity index is 0. The van der Waals surface area contributed by atoms with Crippen molar-refractivity contribution in [2.75, 3.05) is 5.75 Å². The molecule has 0 spiro atoms. The predicted molar refractivity (Wildman–Crippen MR) is 92.7 cm³/mol. The first-order valence-corrected chi connectivity index (χ1v) is 11.2. The molecule has 0 unspecified atom stereocenters. The Morgan fingerprint density at radius 1 is 0.632 bits per heavy atom. The summed E-state index contributed by atoms with van der Waals surface area (Å²) in [5.41, 5.74) is 0. The number of rotatable bonds is 14. The Morgan fingerprint density at radius 3 is 1.32 bits per heavy atom. The summed E-state index contributed by atoms with van der Waals surface area (Å²) in [6.07, 6.45) is -1.93. The van der Waals surface area contributed by atoms with Crippen molar-refractivity contribution >= 4 is 16.1 Å². The van der Waals surface area contributed by atoms with Gasteiger partial charge in [-0.25, -0.2) is 4.79 Å². The molecule has 0 fully saturated rings. The lowest BCUT2D eigenvalue weighted by Crippen LogP contribution is -2.73. The van der Waals surface area contributed by atoms with Gasteiger partial charge in [-0.3, -0.25) is 0 Å². The molecule has 0 aromatic rings. The van der Waals surface area contributed by atoms with Gasteiger partial charge in [0, 0.05) is 0 Å². The van der Waals surface area contributed by atoms with Crippen LogP contribution in [-0.2, 0) is 19.3 Å². The van der Waals surface area contributed by atoms with Gasteiger partial charge < -0.3 is 5.11 Å². The maximum Gasteiger partial charge on any atom is 0.460 e. The highest BCUT2D eigenvalue weighted by molar-refractivity contribution is 7.86. The summed E-state index contributed by atoms with van der Waals surface area (Å²) in [4.78, 5) is 9.72. The Hall–Kier alpha value is -1.74. The lowest BCUT2D eigenvalue weighted by atomic mass is 9.91. The molecule has 0 rings (SSSR count). The van der Waals surface area contributed by atoms with E-state index >= 15 is 0 Å². The zero-order valence-electron chi connectivity index (χ0n) is 18.5. The number of unbranched alkanes of at least 4 members (excludes halogenated alkanes) is 5. The van der Waals surface area contributed by atoms with Gasteiger partial charge in [0.15, 0.2) is 0 Å². The van der Waals surface area contributed by atoms with E-state index in [1.165, 1.54) is 6.42 Å². The molecule has 0 heterocycles. The second-order valence-electron chi connectivity index (χ2n) is 7.34. The minimum Gasteiger partial charge on any atom is -0.477 e. The van der Waals surface area contributed by atoms with E-state index in [-0.39, 0.29) is 5.75 Å². The van der Waals surface area contributed by atoms with Crippen LogP contribution in [0.1, 0.15) is 45.4 Å². The quantitative estimate of drug-likeness (QED) is 0.166. The van der Waals surface area contributed by atoms with Crippen molar-refractivity contribution < 1.29 is 93.1 Å². The molecule has 5 nitrogen and oxygen atoms in total. The van der Waals surface area contributed by atoms with Crippen LogP contribution >= 0.6 is 0 Å². The minimum atomic E-state index is -8.47. The van der Waals surface area contributed by atoms with Crippen molar-refractivity contribution in [2.45, 2.75) is 87.2 Å². The van der Waals surface area contributed by atoms with Gasteiger partial charge in [0.05, 0.1) is 5.75 Å². The number of hydrogen-bond acceptors (Lipinski definition) is 4. The Bertz CT molecular complexity index is 870. The molecule has 1 N–H and O–H groups in total. The van der Waals surface area contributed by atoms with Gasteiger partial charge in [0.2, 0.25) is 0 Å². The lowest BCUT2D eigenvalue weighted by Gasteiger charge is -2.40. The van der Waals surface area contributed by atoms with Crippen molar-refractivity contribution in [1.29, 1.82) is 0 Å². The van der Waals surface area contributed by atoms with E-state index in [1.807, 2.05) is 0 Å². The van der Waals surface area contributed by atoms with E-state index in [0.717, 1.165) is 25.7 Å². The number of aliphatic carboxylic acids is 1. The highest BCUT2D eigenvalue weighted by Crippen LogP contribution is 2.62. The fourth-order valence-corrected chi connectivity index (χ4v) is 2.81. The van der Waals surface area contributed by atoms with Gasteiger partial charge >= 0.3 is 47.7 Å². The number of carboxylic acids is 1.